The van der Waals surface area contributed by atoms with Crippen LogP contribution in [0.3, 0.4) is 0 Å². The highest BCUT2D eigenvalue weighted by Gasteiger charge is 2.27. The van der Waals surface area contributed by atoms with E-state index in [-0.39, 0.29) is 31.4 Å². The number of carbonyl (C=O) groups is 5. The molecule has 0 radical (unpaired) electrons. The van der Waals surface area contributed by atoms with Gasteiger partial charge in [-0.15, -0.1) is 0 Å². The van der Waals surface area contributed by atoms with Gasteiger partial charge in [-0.2, -0.15) is 0 Å². The summed E-state index contributed by atoms with van der Waals surface area (Å²) in [6, 6.07) is 2.51. The van der Waals surface area contributed by atoms with Crippen LogP contribution in [0, 0.1) is 0 Å². The molecular formula is C22H34N6O7. The normalized spacial score (nSPS) is 13.2. The fourth-order valence-electron chi connectivity index (χ4n) is 3.07. The number of primary amides is 1. The van der Waals surface area contributed by atoms with E-state index in [1.165, 1.54) is 24.3 Å². The van der Waals surface area contributed by atoms with E-state index in [9.17, 15) is 34.2 Å². The summed E-state index contributed by atoms with van der Waals surface area (Å²) in [7, 11) is 0. The van der Waals surface area contributed by atoms with E-state index >= 15 is 0 Å². The first-order valence-corrected chi connectivity index (χ1v) is 11.2. The number of nitrogens with two attached hydrogens (primary N) is 3. The van der Waals surface area contributed by atoms with Crippen molar-refractivity contribution < 1.29 is 34.2 Å². The average molecular weight is 495 g/mol. The number of rotatable bonds is 16. The third-order valence-electron chi connectivity index (χ3n) is 5.05. The molecule has 0 spiro atoms. The molecule has 13 nitrogen and oxygen atoms in total. The molecule has 3 unspecified atom stereocenters. The summed E-state index contributed by atoms with van der Waals surface area (Å²) >= 11 is 0. The molecule has 0 saturated heterocycles. The van der Waals surface area contributed by atoms with E-state index < -0.39 is 54.3 Å². The lowest BCUT2D eigenvalue weighted by Gasteiger charge is -2.22. The van der Waals surface area contributed by atoms with Gasteiger partial charge in [-0.05, 0) is 49.9 Å². The van der Waals surface area contributed by atoms with E-state index in [4.69, 9.17) is 17.2 Å². The molecule has 4 amide bonds. The number of carbonyl (C=O) groups excluding carboxylic acids is 4. The Kier molecular flexibility index (Phi) is 12.8. The summed E-state index contributed by atoms with van der Waals surface area (Å²) in [4.78, 5) is 59.6. The Hall–Kier alpha value is -3.71. The van der Waals surface area contributed by atoms with Crippen molar-refractivity contribution in [3.05, 3.63) is 29.8 Å². The Balaban J connectivity index is 2.74. The van der Waals surface area contributed by atoms with Crippen LogP contribution in [0.5, 0.6) is 5.75 Å². The predicted molar refractivity (Wildman–Crippen MR) is 126 cm³/mol. The van der Waals surface area contributed by atoms with E-state index in [2.05, 4.69) is 16.0 Å². The van der Waals surface area contributed by atoms with Crippen molar-refractivity contribution in [2.24, 2.45) is 17.2 Å². The molecular weight excluding hydrogens is 460 g/mol. The maximum atomic E-state index is 12.8. The SMILES string of the molecule is NCCCCC(NC(=O)CNC(=O)C(N)CCC(N)=O)C(=O)NC(Cc1ccc(O)cc1)C(=O)O. The molecule has 0 bridgehead atoms. The average Bonchev–Trinajstić information content (AvgIpc) is 2.81. The van der Waals surface area contributed by atoms with Crippen LogP contribution in [-0.2, 0) is 30.4 Å². The molecule has 1 aromatic rings. The Bertz CT molecular complexity index is 878. The molecule has 1 rings (SSSR count). The number of phenolic OH excluding ortho intramolecular Hbond substituents is 1. The summed E-state index contributed by atoms with van der Waals surface area (Å²) in [6.07, 6.45) is 1.18. The molecule has 0 aliphatic rings. The molecule has 0 heterocycles. The summed E-state index contributed by atoms with van der Waals surface area (Å²) in [5.74, 6) is -3.90. The zero-order chi connectivity index (χ0) is 26.4. The number of amides is 4. The van der Waals surface area contributed by atoms with Crippen LogP contribution in [-0.4, -0.2) is 71.0 Å². The Morgan fingerprint density at radius 2 is 1.57 bits per heavy atom. The number of carboxylic acids is 1. The smallest absolute Gasteiger partial charge is 0.326 e. The Morgan fingerprint density at radius 1 is 0.914 bits per heavy atom. The summed E-state index contributed by atoms with van der Waals surface area (Å²) < 4.78 is 0. The van der Waals surface area contributed by atoms with Crippen molar-refractivity contribution in [1.82, 2.24) is 16.0 Å². The Morgan fingerprint density at radius 3 is 2.14 bits per heavy atom. The fraction of sp³-hybridized carbons (Fsp3) is 0.500. The van der Waals surface area contributed by atoms with Gasteiger partial charge in [0.1, 0.15) is 17.8 Å². The van der Waals surface area contributed by atoms with Crippen LogP contribution in [0.15, 0.2) is 24.3 Å². The van der Waals surface area contributed by atoms with Gasteiger partial charge >= 0.3 is 5.97 Å². The van der Waals surface area contributed by atoms with Gasteiger partial charge in [-0.3, -0.25) is 19.2 Å². The zero-order valence-electron chi connectivity index (χ0n) is 19.4. The third-order valence-corrected chi connectivity index (χ3v) is 5.05. The molecule has 0 aromatic heterocycles. The first kappa shape index (κ1) is 29.3. The van der Waals surface area contributed by atoms with Crippen molar-refractivity contribution in [2.75, 3.05) is 13.1 Å². The highest BCUT2D eigenvalue weighted by molar-refractivity contribution is 5.92. The number of hydrogen-bond donors (Lipinski definition) is 8. The monoisotopic (exact) mass is 494 g/mol. The lowest BCUT2D eigenvalue weighted by molar-refractivity contribution is -0.142. The maximum absolute atomic E-state index is 12.8. The second-order valence-corrected chi connectivity index (χ2v) is 8.00. The fourth-order valence-corrected chi connectivity index (χ4v) is 3.07. The van der Waals surface area contributed by atoms with Crippen molar-refractivity contribution in [3.63, 3.8) is 0 Å². The number of unbranched alkanes of at least 4 members (excludes halogenated alkanes) is 1. The third kappa shape index (κ3) is 11.8. The second-order valence-electron chi connectivity index (χ2n) is 8.00. The molecule has 0 saturated carbocycles. The molecule has 11 N–H and O–H groups in total. The van der Waals surface area contributed by atoms with Crippen molar-refractivity contribution in [2.45, 2.75) is 56.7 Å². The van der Waals surface area contributed by atoms with Crippen LogP contribution in [0.25, 0.3) is 0 Å². The van der Waals surface area contributed by atoms with E-state index in [0.717, 1.165) is 0 Å². The van der Waals surface area contributed by atoms with Gasteiger partial charge in [0.15, 0.2) is 0 Å². The standard InChI is InChI=1S/C22H34N6O7/c23-10-2-1-3-16(27-19(31)12-26-20(32)15(24)8-9-18(25)30)21(33)28-17(22(34)35)11-13-4-6-14(29)7-5-13/h4-7,15-17,29H,1-3,8-12,23-24H2,(H2,25,30)(H,26,32)(H,27,31)(H,28,33)(H,34,35). The molecule has 1 aromatic carbocycles. The van der Waals surface area contributed by atoms with Gasteiger partial charge in [0.25, 0.3) is 0 Å². The molecule has 0 fully saturated rings. The number of phenols is 1. The number of aliphatic carboxylic acids is 1. The number of nitrogens with one attached hydrogen (secondary N) is 3. The molecule has 35 heavy (non-hydrogen) atoms. The van der Waals surface area contributed by atoms with Gasteiger partial charge in [0.05, 0.1) is 12.6 Å². The molecule has 0 aliphatic carbocycles. The van der Waals surface area contributed by atoms with Crippen molar-refractivity contribution in [3.8, 4) is 5.75 Å². The van der Waals surface area contributed by atoms with Gasteiger partial charge in [0.2, 0.25) is 23.6 Å². The summed E-state index contributed by atoms with van der Waals surface area (Å²) in [5, 5.41) is 26.1. The minimum absolute atomic E-state index is 0.0184. The van der Waals surface area contributed by atoms with Gasteiger partial charge in [-0.25, -0.2) is 4.79 Å². The predicted octanol–water partition coefficient (Wildman–Crippen LogP) is -2.17. The maximum Gasteiger partial charge on any atom is 0.326 e. The van der Waals surface area contributed by atoms with E-state index in [1.807, 2.05) is 0 Å². The number of benzene rings is 1. The molecule has 13 heteroatoms. The highest BCUT2D eigenvalue weighted by Crippen LogP contribution is 2.12. The second kappa shape index (κ2) is 15.2. The Labute approximate surface area is 202 Å². The summed E-state index contributed by atoms with van der Waals surface area (Å²) in [5.41, 5.74) is 16.7. The van der Waals surface area contributed by atoms with E-state index in [0.29, 0.717) is 24.9 Å². The first-order chi connectivity index (χ1) is 16.5. The topological polar surface area (TPSA) is 240 Å². The molecule has 3 atom stereocenters. The minimum Gasteiger partial charge on any atom is -0.508 e. The van der Waals surface area contributed by atoms with E-state index in [1.54, 1.807) is 0 Å². The quantitative estimate of drug-likeness (QED) is 0.116. The number of carboxylic acid groups (broad SMARTS) is 1. The summed E-state index contributed by atoms with van der Waals surface area (Å²) in [6.45, 7) is -0.0974. The zero-order valence-corrected chi connectivity index (χ0v) is 19.4. The van der Waals surface area contributed by atoms with Gasteiger partial charge in [0, 0.05) is 12.8 Å². The van der Waals surface area contributed by atoms with Crippen LogP contribution in [0.4, 0.5) is 0 Å². The van der Waals surface area contributed by atoms with Crippen LogP contribution in [0.1, 0.15) is 37.7 Å². The van der Waals surface area contributed by atoms with Crippen LogP contribution >= 0.6 is 0 Å². The van der Waals surface area contributed by atoms with Gasteiger partial charge < -0.3 is 43.4 Å². The van der Waals surface area contributed by atoms with Crippen molar-refractivity contribution >= 4 is 29.6 Å². The molecule has 0 aliphatic heterocycles. The largest absolute Gasteiger partial charge is 0.508 e. The first-order valence-electron chi connectivity index (χ1n) is 11.2. The number of hydrogen-bond acceptors (Lipinski definition) is 8. The molecule has 194 valence electrons. The van der Waals surface area contributed by atoms with Crippen LogP contribution < -0.4 is 33.2 Å². The van der Waals surface area contributed by atoms with Crippen LogP contribution in [0.2, 0.25) is 0 Å². The lowest BCUT2D eigenvalue weighted by atomic mass is 10.0. The minimum atomic E-state index is -1.27. The highest BCUT2D eigenvalue weighted by atomic mass is 16.4. The lowest BCUT2D eigenvalue weighted by Crippen LogP contribution is -2.54. The van der Waals surface area contributed by atoms with Crippen molar-refractivity contribution in [1.29, 1.82) is 0 Å². The number of aromatic hydroxyl groups is 1. The van der Waals surface area contributed by atoms with Gasteiger partial charge in [-0.1, -0.05) is 12.1 Å².